The quantitative estimate of drug-likeness (QED) is 0.262. The van der Waals surface area contributed by atoms with E-state index in [1.807, 2.05) is 50.2 Å². The fraction of sp³-hybridized carbons (Fsp3) is 0.160. The van der Waals surface area contributed by atoms with Crippen molar-refractivity contribution in [2.75, 3.05) is 12.4 Å². The lowest BCUT2D eigenvalue weighted by Gasteiger charge is -2.14. The molecule has 7 nitrogen and oxygen atoms in total. The number of para-hydroxylation sites is 1. The maximum atomic E-state index is 12.2. The molecule has 9 heteroatoms. The van der Waals surface area contributed by atoms with Gasteiger partial charge in [-0.25, -0.2) is 5.43 Å². The molecule has 0 spiro atoms. The molecule has 0 saturated carbocycles. The molecule has 0 saturated heterocycles. The van der Waals surface area contributed by atoms with Gasteiger partial charge in [-0.05, 0) is 48.7 Å². The number of carbonyl (C=O) groups is 2. The number of carbonyl (C=O) groups excluding carboxylic acids is 2. The summed E-state index contributed by atoms with van der Waals surface area (Å²) in [6, 6.07) is 16.1. The molecule has 0 aliphatic rings. The molecule has 34 heavy (non-hydrogen) atoms. The first-order valence-corrected chi connectivity index (χ1v) is 11.0. The topological polar surface area (TPSA) is 89.0 Å². The molecular formula is C25H23Cl2N3O4. The van der Waals surface area contributed by atoms with Crippen molar-refractivity contribution in [3.05, 3.63) is 86.9 Å². The molecule has 0 aliphatic carbocycles. The molecule has 3 rings (SSSR count). The number of hydrazone groups is 1. The molecule has 2 N–H and O–H groups in total. The van der Waals surface area contributed by atoms with E-state index in [1.165, 1.54) is 13.3 Å². The fourth-order valence-electron chi connectivity index (χ4n) is 3.12. The maximum Gasteiger partial charge on any atom is 0.329 e. The van der Waals surface area contributed by atoms with Crippen molar-refractivity contribution in [2.45, 2.75) is 20.5 Å². The lowest BCUT2D eigenvalue weighted by Crippen LogP contribution is -2.32. The monoisotopic (exact) mass is 499 g/mol. The van der Waals surface area contributed by atoms with Gasteiger partial charge in [0, 0.05) is 16.3 Å². The standard InChI is InChI=1S/C25H23Cl2N3O4/c1-15-7-6-8-16(2)22(15)29-24(31)25(32)30-28-13-17-11-20(27)23(21(12-17)33-3)34-14-18-9-4-5-10-19(18)26/h4-13H,14H2,1-3H3,(H,29,31)(H,30,32)/b28-13-. The van der Waals surface area contributed by atoms with Crippen LogP contribution in [0.5, 0.6) is 11.5 Å². The third-order valence-electron chi connectivity index (χ3n) is 4.89. The summed E-state index contributed by atoms with van der Waals surface area (Å²) in [5.41, 5.74) is 5.83. The average molecular weight is 500 g/mol. The van der Waals surface area contributed by atoms with E-state index in [2.05, 4.69) is 15.8 Å². The molecule has 0 unspecified atom stereocenters. The van der Waals surface area contributed by atoms with Crippen LogP contribution in [0.3, 0.4) is 0 Å². The van der Waals surface area contributed by atoms with Gasteiger partial charge in [-0.15, -0.1) is 0 Å². The van der Waals surface area contributed by atoms with Crippen molar-refractivity contribution in [3.8, 4) is 11.5 Å². The van der Waals surface area contributed by atoms with Gasteiger partial charge in [-0.2, -0.15) is 5.10 Å². The van der Waals surface area contributed by atoms with Crippen molar-refractivity contribution in [3.63, 3.8) is 0 Å². The molecular weight excluding hydrogens is 477 g/mol. The Hall–Kier alpha value is -3.55. The molecule has 0 heterocycles. The van der Waals surface area contributed by atoms with Crippen LogP contribution in [-0.2, 0) is 16.2 Å². The summed E-state index contributed by atoms with van der Waals surface area (Å²) in [5, 5.41) is 7.31. The van der Waals surface area contributed by atoms with Gasteiger partial charge < -0.3 is 14.8 Å². The molecule has 0 aliphatic heterocycles. The van der Waals surface area contributed by atoms with E-state index in [9.17, 15) is 9.59 Å². The van der Waals surface area contributed by atoms with Crippen molar-refractivity contribution >= 4 is 46.9 Å². The molecule has 0 atom stereocenters. The van der Waals surface area contributed by atoms with Crippen LogP contribution in [0.4, 0.5) is 5.69 Å². The van der Waals surface area contributed by atoms with Crippen LogP contribution < -0.4 is 20.2 Å². The number of nitrogens with one attached hydrogen (secondary N) is 2. The van der Waals surface area contributed by atoms with Crippen molar-refractivity contribution < 1.29 is 19.1 Å². The van der Waals surface area contributed by atoms with Gasteiger partial charge in [0.2, 0.25) is 0 Å². The van der Waals surface area contributed by atoms with E-state index < -0.39 is 11.8 Å². The summed E-state index contributed by atoms with van der Waals surface area (Å²) < 4.78 is 11.2. The Balaban J connectivity index is 1.65. The molecule has 0 fully saturated rings. The number of anilines is 1. The lowest BCUT2D eigenvalue weighted by atomic mass is 10.1. The summed E-state index contributed by atoms with van der Waals surface area (Å²) in [5.74, 6) is -1.01. The number of benzene rings is 3. The number of amides is 2. The van der Waals surface area contributed by atoms with E-state index in [1.54, 1.807) is 18.2 Å². The number of hydrogen-bond acceptors (Lipinski definition) is 5. The number of methoxy groups -OCH3 is 1. The van der Waals surface area contributed by atoms with Gasteiger partial charge in [-0.1, -0.05) is 59.6 Å². The summed E-state index contributed by atoms with van der Waals surface area (Å²) in [6.45, 7) is 3.89. The SMILES string of the molecule is COc1cc(/C=N\NC(=O)C(=O)Nc2c(C)cccc2C)cc(Cl)c1OCc1ccccc1Cl. The van der Waals surface area contributed by atoms with E-state index in [0.717, 1.165) is 16.7 Å². The zero-order chi connectivity index (χ0) is 24.7. The zero-order valence-electron chi connectivity index (χ0n) is 18.8. The van der Waals surface area contributed by atoms with Gasteiger partial charge in [-0.3, -0.25) is 9.59 Å². The van der Waals surface area contributed by atoms with E-state index in [-0.39, 0.29) is 11.6 Å². The normalized spacial score (nSPS) is 10.7. The Labute approximate surface area is 207 Å². The number of nitrogens with zero attached hydrogens (tertiary/aromatic N) is 1. The zero-order valence-corrected chi connectivity index (χ0v) is 20.3. The van der Waals surface area contributed by atoms with Crippen LogP contribution in [0.25, 0.3) is 0 Å². The largest absolute Gasteiger partial charge is 0.493 e. The molecule has 3 aromatic carbocycles. The Morgan fingerprint density at radius 2 is 1.68 bits per heavy atom. The summed E-state index contributed by atoms with van der Waals surface area (Å²) >= 11 is 12.6. The molecule has 3 aromatic rings. The van der Waals surface area contributed by atoms with Crippen LogP contribution in [0, 0.1) is 13.8 Å². The highest BCUT2D eigenvalue weighted by Gasteiger charge is 2.16. The van der Waals surface area contributed by atoms with Gasteiger partial charge in [0.15, 0.2) is 11.5 Å². The first-order chi connectivity index (χ1) is 16.3. The van der Waals surface area contributed by atoms with Gasteiger partial charge in [0.25, 0.3) is 0 Å². The van der Waals surface area contributed by atoms with Gasteiger partial charge >= 0.3 is 11.8 Å². The number of rotatable bonds is 7. The Morgan fingerprint density at radius 3 is 2.35 bits per heavy atom. The highest BCUT2D eigenvalue weighted by Crippen LogP contribution is 2.37. The van der Waals surface area contributed by atoms with Crippen molar-refractivity contribution in [1.29, 1.82) is 0 Å². The average Bonchev–Trinajstić information content (AvgIpc) is 2.81. The van der Waals surface area contributed by atoms with E-state index >= 15 is 0 Å². The van der Waals surface area contributed by atoms with E-state index in [4.69, 9.17) is 32.7 Å². The van der Waals surface area contributed by atoms with Crippen LogP contribution in [0.1, 0.15) is 22.3 Å². The fourth-order valence-corrected chi connectivity index (χ4v) is 3.58. The summed E-state index contributed by atoms with van der Waals surface area (Å²) in [4.78, 5) is 24.3. The van der Waals surface area contributed by atoms with Crippen molar-refractivity contribution in [1.82, 2.24) is 5.43 Å². The maximum absolute atomic E-state index is 12.2. The van der Waals surface area contributed by atoms with Crippen LogP contribution in [0.2, 0.25) is 10.0 Å². The number of halogens is 2. The predicted molar refractivity (Wildman–Crippen MR) is 134 cm³/mol. The number of hydrogen-bond donors (Lipinski definition) is 2. The summed E-state index contributed by atoms with van der Waals surface area (Å²) in [7, 11) is 1.48. The van der Waals surface area contributed by atoms with Crippen LogP contribution >= 0.6 is 23.2 Å². The molecule has 0 aromatic heterocycles. The van der Waals surface area contributed by atoms with Crippen molar-refractivity contribution in [2.24, 2.45) is 5.10 Å². The van der Waals surface area contributed by atoms with Gasteiger partial charge in [0.05, 0.1) is 18.3 Å². The van der Waals surface area contributed by atoms with Crippen LogP contribution in [0.15, 0.2) is 59.7 Å². The number of ether oxygens (including phenoxy) is 2. The smallest absolute Gasteiger partial charge is 0.329 e. The third-order valence-corrected chi connectivity index (χ3v) is 5.54. The number of aryl methyl sites for hydroxylation is 2. The lowest BCUT2D eigenvalue weighted by molar-refractivity contribution is -0.136. The first kappa shape index (κ1) is 25.1. The second-order valence-corrected chi connectivity index (χ2v) is 8.15. The minimum atomic E-state index is -0.906. The third kappa shape index (κ3) is 6.27. The Bertz CT molecular complexity index is 1220. The van der Waals surface area contributed by atoms with E-state index in [0.29, 0.717) is 27.8 Å². The molecule has 176 valence electrons. The minimum Gasteiger partial charge on any atom is -0.493 e. The predicted octanol–water partition coefficient (Wildman–Crippen LogP) is 5.29. The molecule has 0 bridgehead atoms. The second-order valence-electron chi connectivity index (χ2n) is 7.33. The van der Waals surface area contributed by atoms with Crippen LogP contribution in [-0.4, -0.2) is 25.1 Å². The summed E-state index contributed by atoms with van der Waals surface area (Å²) in [6.07, 6.45) is 1.34. The Kier molecular flexibility index (Phi) is 8.51. The van der Waals surface area contributed by atoms with Gasteiger partial charge in [0.1, 0.15) is 6.61 Å². The highest BCUT2D eigenvalue weighted by molar-refractivity contribution is 6.39. The Morgan fingerprint density at radius 1 is 0.971 bits per heavy atom. The second kappa shape index (κ2) is 11.5. The highest BCUT2D eigenvalue weighted by atomic mass is 35.5. The minimum absolute atomic E-state index is 0.203. The first-order valence-electron chi connectivity index (χ1n) is 10.2. The molecule has 2 amide bonds. The molecule has 0 radical (unpaired) electrons.